The summed E-state index contributed by atoms with van der Waals surface area (Å²) < 4.78 is 57.2. The summed E-state index contributed by atoms with van der Waals surface area (Å²) >= 11 is 4.29. The third kappa shape index (κ3) is 5.42. The third-order valence-electron chi connectivity index (χ3n) is 6.38. The van der Waals surface area contributed by atoms with Crippen LogP contribution in [0.3, 0.4) is 0 Å². The van der Waals surface area contributed by atoms with E-state index in [0.29, 0.717) is 5.92 Å². The Morgan fingerprint density at radius 1 is 0.871 bits per heavy atom. The van der Waals surface area contributed by atoms with Crippen molar-refractivity contribution in [3.8, 4) is 11.1 Å². The van der Waals surface area contributed by atoms with Crippen molar-refractivity contribution in [2.45, 2.75) is 70.6 Å². The molecule has 0 heterocycles. The van der Waals surface area contributed by atoms with Gasteiger partial charge in [0.05, 0.1) is 10.7 Å². The summed E-state index contributed by atoms with van der Waals surface area (Å²) in [7, 11) is 0. The van der Waals surface area contributed by atoms with Gasteiger partial charge < -0.3 is 0 Å². The van der Waals surface area contributed by atoms with Gasteiger partial charge >= 0.3 is 0 Å². The van der Waals surface area contributed by atoms with Crippen molar-refractivity contribution in [1.29, 1.82) is 0 Å². The van der Waals surface area contributed by atoms with E-state index in [4.69, 9.17) is 0 Å². The first kappa shape index (κ1) is 23.6. The lowest BCUT2D eigenvalue weighted by molar-refractivity contribution is 0.302. The molecule has 0 bridgehead atoms. The summed E-state index contributed by atoms with van der Waals surface area (Å²) in [5, 5.41) is 1.74. The monoisotopic (exact) mass is 449 g/mol. The second-order valence-corrected chi connectivity index (χ2v) is 8.55. The molecule has 0 atom stereocenters. The maximum atomic E-state index is 14.5. The lowest BCUT2D eigenvalue weighted by Gasteiger charge is -2.29. The minimum absolute atomic E-state index is 0.0824. The molecule has 166 valence electrons. The van der Waals surface area contributed by atoms with Crippen LogP contribution >= 0.6 is 12.2 Å². The normalized spacial score (nSPS) is 18.6. The summed E-state index contributed by atoms with van der Waals surface area (Å²) in [4.78, 5) is 3.11. The Morgan fingerprint density at radius 3 is 2.03 bits per heavy atom. The van der Waals surface area contributed by atoms with Crippen LogP contribution in [0, 0.1) is 29.2 Å². The van der Waals surface area contributed by atoms with Crippen molar-refractivity contribution < 1.29 is 17.6 Å². The highest BCUT2D eigenvalue weighted by Gasteiger charge is 2.27. The van der Waals surface area contributed by atoms with Gasteiger partial charge in [-0.2, -0.15) is 4.99 Å². The summed E-state index contributed by atoms with van der Waals surface area (Å²) in [6.07, 6.45) is 11.0. The fourth-order valence-electron chi connectivity index (χ4n) is 4.58. The van der Waals surface area contributed by atoms with E-state index >= 15 is 0 Å². The maximum absolute atomic E-state index is 14.5. The number of benzene rings is 2. The first-order valence-corrected chi connectivity index (χ1v) is 11.4. The first-order valence-electron chi connectivity index (χ1n) is 11.0. The molecule has 0 aliphatic heterocycles. The molecule has 1 nitrogen and oxygen atoms in total. The van der Waals surface area contributed by atoms with Crippen LogP contribution in [0.4, 0.5) is 23.2 Å². The van der Waals surface area contributed by atoms with Gasteiger partial charge in [0.2, 0.25) is 0 Å². The van der Waals surface area contributed by atoms with E-state index in [-0.39, 0.29) is 5.56 Å². The molecular formula is C25H27F4NS. The van der Waals surface area contributed by atoms with Gasteiger partial charge in [-0.15, -0.1) is 0 Å². The van der Waals surface area contributed by atoms with Gasteiger partial charge in [-0.1, -0.05) is 63.3 Å². The van der Waals surface area contributed by atoms with Crippen molar-refractivity contribution in [2.75, 3.05) is 0 Å². The van der Waals surface area contributed by atoms with E-state index in [1.807, 2.05) is 0 Å². The highest BCUT2D eigenvalue weighted by molar-refractivity contribution is 7.78. The number of aliphatic imine (C=N–C) groups is 1. The van der Waals surface area contributed by atoms with Crippen molar-refractivity contribution in [2.24, 2.45) is 10.9 Å². The standard InChI is InChI=1S/C25H27F4NS/c1-2-3-4-5-6-16-7-9-17(10-8-16)18-11-13-19(14-12-18)20-21(26)23(28)25(30-15-31)24(29)22(20)27/h11-14,16-17H,2-10H2,1H3. The molecule has 1 saturated carbocycles. The van der Waals surface area contributed by atoms with Crippen LogP contribution in [0.25, 0.3) is 11.1 Å². The molecule has 0 unspecified atom stereocenters. The van der Waals surface area contributed by atoms with Crippen LogP contribution in [0.1, 0.15) is 76.2 Å². The Morgan fingerprint density at radius 2 is 1.48 bits per heavy atom. The zero-order valence-electron chi connectivity index (χ0n) is 17.7. The summed E-state index contributed by atoms with van der Waals surface area (Å²) in [5.74, 6) is -4.93. The number of rotatable bonds is 8. The molecule has 0 aromatic heterocycles. The first-order chi connectivity index (χ1) is 15.0. The summed E-state index contributed by atoms with van der Waals surface area (Å²) in [5.41, 5.74) is -0.659. The number of thiocarbonyl (C=S) groups is 1. The topological polar surface area (TPSA) is 12.4 Å². The highest BCUT2D eigenvalue weighted by Crippen LogP contribution is 2.40. The molecule has 0 radical (unpaired) electrons. The SMILES string of the molecule is CCCCCCC1CCC(c2ccc(-c3c(F)c(F)c(N=C=S)c(F)c3F)cc2)CC1. The number of nitrogens with zero attached hydrogens (tertiary/aromatic N) is 1. The highest BCUT2D eigenvalue weighted by atomic mass is 32.1. The fraction of sp³-hybridized carbons (Fsp3) is 0.480. The predicted octanol–water partition coefficient (Wildman–Crippen LogP) is 8.89. The molecule has 2 aromatic carbocycles. The average Bonchev–Trinajstić information content (AvgIpc) is 2.79. The Balaban J connectivity index is 1.71. The largest absolute Gasteiger partial charge is 0.203 e. The van der Waals surface area contributed by atoms with Crippen LogP contribution < -0.4 is 0 Å². The van der Waals surface area contributed by atoms with Crippen LogP contribution in [0.5, 0.6) is 0 Å². The second kappa shape index (κ2) is 11.0. The minimum Gasteiger partial charge on any atom is -0.203 e. The molecule has 0 amide bonds. The molecular weight excluding hydrogens is 422 g/mol. The number of hydrogen-bond donors (Lipinski definition) is 0. The zero-order chi connectivity index (χ0) is 22.4. The van der Waals surface area contributed by atoms with Crippen LogP contribution in [0.15, 0.2) is 29.3 Å². The average molecular weight is 450 g/mol. The van der Waals surface area contributed by atoms with Crippen molar-refractivity contribution in [3.63, 3.8) is 0 Å². The van der Waals surface area contributed by atoms with Crippen molar-refractivity contribution in [3.05, 3.63) is 53.1 Å². The molecule has 2 aromatic rings. The van der Waals surface area contributed by atoms with Gasteiger partial charge in [0, 0.05) is 0 Å². The second-order valence-electron chi connectivity index (χ2n) is 8.37. The van der Waals surface area contributed by atoms with Crippen molar-refractivity contribution in [1.82, 2.24) is 0 Å². The molecule has 1 aliphatic rings. The van der Waals surface area contributed by atoms with E-state index in [2.05, 4.69) is 24.1 Å². The molecule has 1 aliphatic carbocycles. The zero-order valence-corrected chi connectivity index (χ0v) is 18.5. The Hall–Kier alpha value is -2.04. The lowest BCUT2D eigenvalue weighted by Crippen LogP contribution is -2.13. The van der Waals surface area contributed by atoms with Gasteiger partial charge in [0.25, 0.3) is 0 Å². The molecule has 1 fully saturated rings. The fourth-order valence-corrected chi connectivity index (χ4v) is 4.67. The van der Waals surface area contributed by atoms with Crippen LogP contribution in [0.2, 0.25) is 0 Å². The van der Waals surface area contributed by atoms with Gasteiger partial charge in [-0.25, -0.2) is 17.6 Å². The summed E-state index contributed by atoms with van der Waals surface area (Å²) in [6.45, 7) is 2.22. The molecule has 6 heteroatoms. The smallest absolute Gasteiger partial charge is 0.189 e. The Kier molecular flexibility index (Phi) is 8.39. The molecule has 0 spiro atoms. The molecule has 0 saturated heterocycles. The molecule has 3 rings (SSSR count). The number of unbranched alkanes of at least 4 members (excludes halogenated alkanes) is 3. The van der Waals surface area contributed by atoms with Crippen LogP contribution in [-0.4, -0.2) is 5.16 Å². The third-order valence-corrected chi connectivity index (χ3v) is 6.47. The van der Waals surface area contributed by atoms with Gasteiger partial charge in [0.15, 0.2) is 29.0 Å². The van der Waals surface area contributed by atoms with E-state index in [0.717, 1.165) is 24.3 Å². The number of hydrogen-bond acceptors (Lipinski definition) is 2. The number of halogens is 4. The summed E-state index contributed by atoms with van der Waals surface area (Å²) in [6, 6.07) is 6.65. The van der Waals surface area contributed by atoms with Gasteiger partial charge in [0.1, 0.15) is 0 Å². The van der Waals surface area contributed by atoms with Gasteiger partial charge in [-0.05, 0) is 60.9 Å². The van der Waals surface area contributed by atoms with E-state index in [9.17, 15) is 17.6 Å². The van der Waals surface area contributed by atoms with E-state index in [1.165, 1.54) is 57.1 Å². The Bertz CT molecular complexity index is 914. The van der Waals surface area contributed by atoms with Crippen LogP contribution in [-0.2, 0) is 0 Å². The van der Waals surface area contributed by atoms with Gasteiger partial charge in [-0.3, -0.25) is 0 Å². The molecule has 0 N–H and O–H groups in total. The number of isothiocyanates is 1. The predicted molar refractivity (Wildman–Crippen MR) is 120 cm³/mol. The Labute approximate surface area is 186 Å². The maximum Gasteiger partial charge on any atom is 0.189 e. The van der Waals surface area contributed by atoms with E-state index < -0.39 is 34.5 Å². The van der Waals surface area contributed by atoms with E-state index in [1.54, 1.807) is 17.3 Å². The minimum atomic E-state index is -1.58. The molecule has 31 heavy (non-hydrogen) atoms. The quantitative estimate of drug-likeness (QED) is 0.129. The lowest BCUT2D eigenvalue weighted by atomic mass is 9.77. The van der Waals surface area contributed by atoms with Crippen molar-refractivity contribution >= 4 is 23.1 Å².